The number of hydrogen-bond donors (Lipinski definition) is 2. The molecule has 2 aromatic rings. The van der Waals surface area contributed by atoms with Crippen molar-refractivity contribution in [2.24, 2.45) is 0 Å². The molecular weight excluding hydrogens is 442 g/mol. The van der Waals surface area contributed by atoms with Crippen molar-refractivity contribution in [3.05, 3.63) is 54.1 Å². The lowest BCUT2D eigenvalue weighted by molar-refractivity contribution is -0.122. The van der Waals surface area contributed by atoms with E-state index in [1.165, 1.54) is 45.3 Å². The van der Waals surface area contributed by atoms with E-state index in [1.807, 2.05) is 6.92 Å². The largest absolute Gasteiger partial charge is 0.494 e. The summed E-state index contributed by atoms with van der Waals surface area (Å²) in [5.74, 6) is 0.0381. The van der Waals surface area contributed by atoms with Crippen LogP contribution in [0.1, 0.15) is 19.4 Å². The van der Waals surface area contributed by atoms with Crippen LogP contribution in [0.2, 0.25) is 0 Å². The van der Waals surface area contributed by atoms with Gasteiger partial charge in [0.15, 0.2) is 0 Å². The van der Waals surface area contributed by atoms with Gasteiger partial charge in [-0.15, -0.1) is 0 Å². The van der Waals surface area contributed by atoms with E-state index in [0.29, 0.717) is 17.9 Å². The number of carbonyl (C=O) groups excluding carboxylic acids is 1. The minimum atomic E-state index is -3.89. The van der Waals surface area contributed by atoms with Gasteiger partial charge in [-0.25, -0.2) is 21.1 Å². The number of sulfonamides is 2. The second-order valence-electron chi connectivity index (χ2n) is 6.90. The topological polar surface area (TPSA) is 122 Å². The molecule has 0 aliphatic carbocycles. The van der Waals surface area contributed by atoms with Gasteiger partial charge in [0.1, 0.15) is 5.75 Å². The fraction of sp³-hybridized carbons (Fsp3) is 0.350. The zero-order valence-corrected chi connectivity index (χ0v) is 19.5. The first-order valence-electron chi connectivity index (χ1n) is 9.51. The van der Waals surface area contributed by atoms with Crippen LogP contribution in [0, 0.1) is 0 Å². The molecule has 11 heteroatoms. The Labute approximate surface area is 183 Å². The third-order valence-electron chi connectivity index (χ3n) is 4.34. The van der Waals surface area contributed by atoms with E-state index in [2.05, 4.69) is 10.0 Å². The maximum absolute atomic E-state index is 12.5. The van der Waals surface area contributed by atoms with Crippen LogP contribution in [0.15, 0.2) is 58.3 Å². The summed E-state index contributed by atoms with van der Waals surface area (Å²) in [7, 11) is -4.53. The molecule has 0 aliphatic rings. The lowest BCUT2D eigenvalue weighted by Crippen LogP contribution is -2.44. The Morgan fingerprint density at radius 1 is 0.968 bits per heavy atom. The quantitative estimate of drug-likeness (QED) is 0.541. The number of amides is 1. The predicted molar refractivity (Wildman–Crippen MR) is 117 cm³/mol. The number of rotatable bonds is 10. The van der Waals surface area contributed by atoms with Crippen LogP contribution >= 0.6 is 0 Å². The highest BCUT2D eigenvalue weighted by molar-refractivity contribution is 7.89. The van der Waals surface area contributed by atoms with Crippen LogP contribution in [-0.4, -0.2) is 53.8 Å². The van der Waals surface area contributed by atoms with Gasteiger partial charge in [-0.2, -0.15) is 4.72 Å². The molecule has 9 nitrogen and oxygen atoms in total. The van der Waals surface area contributed by atoms with Crippen molar-refractivity contribution in [3.8, 4) is 5.75 Å². The monoisotopic (exact) mass is 469 g/mol. The molecule has 1 unspecified atom stereocenters. The number of benzene rings is 2. The molecular formula is C20H27N3O6S2. The molecule has 170 valence electrons. The van der Waals surface area contributed by atoms with Crippen molar-refractivity contribution in [1.82, 2.24) is 14.3 Å². The Kier molecular flexibility index (Phi) is 8.18. The summed E-state index contributed by atoms with van der Waals surface area (Å²) in [6.45, 7) is 3.85. The normalized spacial score (nSPS) is 13.1. The maximum atomic E-state index is 12.5. The van der Waals surface area contributed by atoms with Crippen LogP contribution in [0.4, 0.5) is 0 Å². The molecule has 1 amide bonds. The molecule has 0 radical (unpaired) electrons. The zero-order valence-electron chi connectivity index (χ0n) is 17.8. The number of ether oxygens (including phenoxy) is 1. The molecule has 0 aliphatic heterocycles. The Hall–Kier alpha value is -2.47. The molecule has 0 spiro atoms. The highest BCUT2D eigenvalue weighted by atomic mass is 32.2. The van der Waals surface area contributed by atoms with E-state index in [9.17, 15) is 21.6 Å². The summed E-state index contributed by atoms with van der Waals surface area (Å²) in [4.78, 5) is 12.5. The van der Waals surface area contributed by atoms with Crippen LogP contribution in [0.5, 0.6) is 5.75 Å². The van der Waals surface area contributed by atoms with Gasteiger partial charge < -0.3 is 10.1 Å². The summed E-state index contributed by atoms with van der Waals surface area (Å²) in [6.07, 6.45) is 0. The molecule has 0 fully saturated rings. The van der Waals surface area contributed by atoms with Gasteiger partial charge in [0.05, 0.1) is 22.4 Å². The molecule has 0 saturated carbocycles. The SMILES string of the molecule is CCOc1ccc(S(=O)(=O)NC(C)C(=O)NCc2ccc(S(=O)(=O)N(C)C)cc2)cc1. The van der Waals surface area contributed by atoms with Crippen LogP contribution < -0.4 is 14.8 Å². The predicted octanol–water partition coefficient (Wildman–Crippen LogP) is 1.32. The molecule has 0 saturated heterocycles. The molecule has 31 heavy (non-hydrogen) atoms. The molecule has 0 heterocycles. The first-order chi connectivity index (χ1) is 14.5. The van der Waals surface area contributed by atoms with Crippen LogP contribution in [-0.2, 0) is 31.4 Å². The molecule has 2 aromatic carbocycles. The Bertz CT molecular complexity index is 1100. The van der Waals surface area contributed by atoms with Gasteiger partial charge in [-0.3, -0.25) is 4.79 Å². The van der Waals surface area contributed by atoms with Crippen molar-refractivity contribution in [1.29, 1.82) is 0 Å². The lowest BCUT2D eigenvalue weighted by Gasteiger charge is -2.15. The van der Waals surface area contributed by atoms with Gasteiger partial charge >= 0.3 is 0 Å². The summed E-state index contributed by atoms with van der Waals surface area (Å²) in [5, 5.41) is 2.63. The summed E-state index contributed by atoms with van der Waals surface area (Å²) in [5.41, 5.74) is 0.674. The number of nitrogens with one attached hydrogen (secondary N) is 2. The standard InChI is InChI=1S/C20H27N3O6S2/c1-5-29-17-8-12-18(13-9-17)30(25,26)22-15(2)20(24)21-14-16-6-10-19(11-7-16)31(27,28)23(3)4/h6-13,15,22H,5,14H2,1-4H3,(H,21,24). The number of hydrogen-bond acceptors (Lipinski definition) is 6. The highest BCUT2D eigenvalue weighted by Gasteiger charge is 2.22. The van der Waals surface area contributed by atoms with E-state index in [-0.39, 0.29) is 16.3 Å². The fourth-order valence-corrected chi connectivity index (χ4v) is 4.67. The minimum Gasteiger partial charge on any atom is -0.494 e. The molecule has 1 atom stereocenters. The lowest BCUT2D eigenvalue weighted by atomic mass is 10.2. The first-order valence-corrected chi connectivity index (χ1v) is 12.4. The van der Waals surface area contributed by atoms with Crippen LogP contribution in [0.3, 0.4) is 0 Å². The second-order valence-corrected chi connectivity index (χ2v) is 10.8. The van der Waals surface area contributed by atoms with Gasteiger partial charge in [0.2, 0.25) is 26.0 Å². The van der Waals surface area contributed by atoms with Gasteiger partial charge in [-0.1, -0.05) is 12.1 Å². The van der Waals surface area contributed by atoms with Crippen molar-refractivity contribution < 1.29 is 26.4 Å². The van der Waals surface area contributed by atoms with Crippen molar-refractivity contribution in [2.75, 3.05) is 20.7 Å². The highest BCUT2D eigenvalue weighted by Crippen LogP contribution is 2.16. The molecule has 2 rings (SSSR count). The maximum Gasteiger partial charge on any atom is 0.242 e. The third kappa shape index (κ3) is 6.50. The molecule has 0 aromatic heterocycles. The van der Waals surface area contributed by atoms with E-state index in [4.69, 9.17) is 4.74 Å². The smallest absolute Gasteiger partial charge is 0.242 e. The Morgan fingerprint density at radius 3 is 2.03 bits per heavy atom. The van der Waals surface area contributed by atoms with Gasteiger partial charge in [0, 0.05) is 20.6 Å². The van der Waals surface area contributed by atoms with Crippen molar-refractivity contribution in [3.63, 3.8) is 0 Å². The number of nitrogens with zero attached hydrogens (tertiary/aromatic N) is 1. The van der Waals surface area contributed by atoms with E-state index < -0.39 is 32.0 Å². The summed E-state index contributed by atoms with van der Waals surface area (Å²) in [6, 6.07) is 11.0. The Morgan fingerprint density at radius 2 is 1.52 bits per heavy atom. The zero-order chi connectivity index (χ0) is 23.2. The Balaban J connectivity index is 1.96. The van der Waals surface area contributed by atoms with Crippen LogP contribution in [0.25, 0.3) is 0 Å². The summed E-state index contributed by atoms with van der Waals surface area (Å²) < 4.78 is 57.9. The van der Waals surface area contributed by atoms with Crippen molar-refractivity contribution >= 4 is 26.0 Å². The van der Waals surface area contributed by atoms with E-state index in [1.54, 1.807) is 24.3 Å². The molecule has 0 bridgehead atoms. The first kappa shape index (κ1) is 24.8. The second kappa shape index (κ2) is 10.2. The average Bonchev–Trinajstić information content (AvgIpc) is 2.72. The van der Waals surface area contributed by atoms with Gasteiger partial charge in [-0.05, 0) is 55.8 Å². The van der Waals surface area contributed by atoms with E-state index in [0.717, 1.165) is 4.31 Å². The summed E-state index contributed by atoms with van der Waals surface area (Å²) >= 11 is 0. The third-order valence-corrected chi connectivity index (χ3v) is 7.72. The van der Waals surface area contributed by atoms with Crippen molar-refractivity contribution in [2.45, 2.75) is 36.2 Å². The number of carbonyl (C=O) groups is 1. The minimum absolute atomic E-state index is 0.0216. The average molecular weight is 470 g/mol. The molecule has 2 N–H and O–H groups in total. The van der Waals surface area contributed by atoms with Gasteiger partial charge in [0.25, 0.3) is 0 Å². The fourth-order valence-electron chi connectivity index (χ4n) is 2.57. The van der Waals surface area contributed by atoms with E-state index >= 15 is 0 Å².